The first-order valence-electron chi connectivity index (χ1n) is 5.38. The summed E-state index contributed by atoms with van der Waals surface area (Å²) in [5.41, 5.74) is 0.203. The third-order valence-corrected chi connectivity index (χ3v) is 2.65. The number of hydrogen-bond acceptors (Lipinski definition) is 4. The van der Waals surface area contributed by atoms with Gasteiger partial charge in [-0.05, 0) is 19.1 Å². The summed E-state index contributed by atoms with van der Waals surface area (Å²) < 4.78 is 0. The second-order valence-corrected chi connectivity index (χ2v) is 3.79. The van der Waals surface area contributed by atoms with Crippen molar-refractivity contribution < 1.29 is 9.90 Å². The number of anilines is 1. The fourth-order valence-corrected chi connectivity index (χ4v) is 1.59. The van der Waals surface area contributed by atoms with Gasteiger partial charge in [0.1, 0.15) is 11.5 Å². The summed E-state index contributed by atoms with van der Waals surface area (Å²) in [6, 6.07) is 3.32. The van der Waals surface area contributed by atoms with E-state index < -0.39 is 0 Å². The molecule has 1 heterocycles. The highest BCUT2D eigenvalue weighted by Gasteiger charge is 2.18. The van der Waals surface area contributed by atoms with Crippen LogP contribution in [0.4, 0.5) is 5.82 Å². The molecule has 0 unspecified atom stereocenters. The van der Waals surface area contributed by atoms with Crippen LogP contribution >= 0.6 is 11.6 Å². The van der Waals surface area contributed by atoms with Crippen molar-refractivity contribution in [2.24, 2.45) is 0 Å². The molecule has 0 aliphatic carbocycles. The van der Waals surface area contributed by atoms with Gasteiger partial charge in [0.25, 0.3) is 5.91 Å². The zero-order valence-electron chi connectivity index (χ0n) is 9.90. The summed E-state index contributed by atoms with van der Waals surface area (Å²) >= 11 is 5.95. The second-order valence-electron chi connectivity index (χ2n) is 3.39. The Morgan fingerprint density at radius 3 is 2.82 bits per heavy atom. The molecule has 0 radical (unpaired) electrons. The van der Waals surface area contributed by atoms with E-state index in [2.05, 4.69) is 10.3 Å². The summed E-state index contributed by atoms with van der Waals surface area (Å²) in [7, 11) is 1.72. The molecular weight excluding hydrogens is 242 g/mol. The number of rotatable bonds is 5. The summed E-state index contributed by atoms with van der Waals surface area (Å²) in [5, 5.41) is 12.0. The Morgan fingerprint density at radius 2 is 2.29 bits per heavy atom. The smallest absolute Gasteiger partial charge is 0.274 e. The van der Waals surface area contributed by atoms with E-state index in [0.717, 1.165) is 0 Å². The van der Waals surface area contributed by atoms with E-state index in [-0.39, 0.29) is 24.8 Å². The summed E-state index contributed by atoms with van der Waals surface area (Å²) in [6.45, 7) is 2.53. The van der Waals surface area contributed by atoms with Gasteiger partial charge in [-0.2, -0.15) is 0 Å². The largest absolute Gasteiger partial charge is 0.395 e. The van der Waals surface area contributed by atoms with Crippen LogP contribution < -0.4 is 5.32 Å². The lowest BCUT2D eigenvalue weighted by molar-refractivity contribution is 0.0726. The number of nitrogens with one attached hydrogen (secondary N) is 1. The van der Waals surface area contributed by atoms with E-state index in [0.29, 0.717) is 17.4 Å². The number of nitrogens with zero attached hydrogens (tertiary/aromatic N) is 2. The van der Waals surface area contributed by atoms with Gasteiger partial charge < -0.3 is 15.3 Å². The molecule has 0 aliphatic rings. The predicted molar refractivity (Wildman–Crippen MR) is 67.5 cm³/mol. The Kier molecular flexibility index (Phi) is 5.18. The minimum atomic E-state index is -0.274. The van der Waals surface area contributed by atoms with Crippen molar-refractivity contribution in [3.8, 4) is 0 Å². The Morgan fingerprint density at radius 1 is 1.59 bits per heavy atom. The topological polar surface area (TPSA) is 65.5 Å². The van der Waals surface area contributed by atoms with Crippen LogP contribution in [0.5, 0.6) is 0 Å². The van der Waals surface area contributed by atoms with Crippen molar-refractivity contribution in [3.63, 3.8) is 0 Å². The molecule has 0 fully saturated rings. The number of halogens is 1. The van der Waals surface area contributed by atoms with Gasteiger partial charge in [-0.25, -0.2) is 4.98 Å². The zero-order valence-corrected chi connectivity index (χ0v) is 10.7. The van der Waals surface area contributed by atoms with Crippen molar-refractivity contribution in [1.29, 1.82) is 0 Å². The van der Waals surface area contributed by atoms with E-state index in [4.69, 9.17) is 16.7 Å². The molecule has 5 nitrogen and oxygen atoms in total. The lowest BCUT2D eigenvalue weighted by Gasteiger charge is -2.19. The monoisotopic (exact) mass is 257 g/mol. The second kappa shape index (κ2) is 6.42. The Balaban J connectivity index is 3.01. The summed E-state index contributed by atoms with van der Waals surface area (Å²) in [6.07, 6.45) is 0. The highest BCUT2D eigenvalue weighted by Crippen LogP contribution is 2.18. The average molecular weight is 258 g/mol. The molecule has 0 aromatic carbocycles. The molecule has 1 aromatic rings. The quantitative estimate of drug-likeness (QED) is 0.833. The standard InChI is InChI=1S/C11H16ClN3O2/c1-3-15(6-7-16)11(17)10-8(12)4-5-9(13-2)14-10/h4-5,16H,3,6-7H2,1-2H3,(H,13,14). The number of carbonyl (C=O) groups is 1. The maximum Gasteiger partial charge on any atom is 0.274 e. The minimum absolute atomic E-state index is 0.0804. The number of carbonyl (C=O) groups excluding carboxylic acids is 1. The van der Waals surface area contributed by atoms with Crippen molar-refractivity contribution in [3.05, 3.63) is 22.8 Å². The van der Waals surface area contributed by atoms with Gasteiger partial charge in [0, 0.05) is 20.1 Å². The average Bonchev–Trinajstić information content (AvgIpc) is 2.35. The van der Waals surface area contributed by atoms with Crippen LogP contribution in [0.2, 0.25) is 5.02 Å². The van der Waals surface area contributed by atoms with Gasteiger partial charge in [-0.1, -0.05) is 11.6 Å². The van der Waals surface area contributed by atoms with Gasteiger partial charge in [-0.3, -0.25) is 4.79 Å². The molecule has 0 saturated carbocycles. The number of hydrogen-bond donors (Lipinski definition) is 2. The number of pyridine rings is 1. The van der Waals surface area contributed by atoms with Crippen LogP contribution in [-0.2, 0) is 0 Å². The van der Waals surface area contributed by atoms with E-state index in [9.17, 15) is 4.79 Å². The number of likely N-dealkylation sites (N-methyl/N-ethyl adjacent to an activating group) is 1. The van der Waals surface area contributed by atoms with Crippen molar-refractivity contribution in [2.75, 3.05) is 32.1 Å². The molecule has 2 N–H and O–H groups in total. The first-order valence-corrected chi connectivity index (χ1v) is 5.76. The molecule has 17 heavy (non-hydrogen) atoms. The maximum absolute atomic E-state index is 12.1. The van der Waals surface area contributed by atoms with E-state index >= 15 is 0 Å². The highest BCUT2D eigenvalue weighted by atomic mass is 35.5. The highest BCUT2D eigenvalue weighted by molar-refractivity contribution is 6.33. The molecule has 94 valence electrons. The maximum atomic E-state index is 12.1. The fraction of sp³-hybridized carbons (Fsp3) is 0.455. The minimum Gasteiger partial charge on any atom is -0.395 e. The van der Waals surface area contributed by atoms with Gasteiger partial charge in [0.15, 0.2) is 0 Å². The molecule has 0 bridgehead atoms. The Labute approximate surface area is 105 Å². The molecule has 0 aliphatic heterocycles. The molecule has 0 spiro atoms. The predicted octanol–water partition coefficient (Wildman–Crippen LogP) is 1.23. The van der Waals surface area contributed by atoms with Gasteiger partial charge in [0.2, 0.25) is 0 Å². The normalized spacial score (nSPS) is 10.1. The third-order valence-electron chi connectivity index (χ3n) is 2.34. The van der Waals surface area contributed by atoms with Crippen LogP contribution in [0.3, 0.4) is 0 Å². The lowest BCUT2D eigenvalue weighted by atomic mass is 10.3. The van der Waals surface area contributed by atoms with Crippen LogP contribution in [0.15, 0.2) is 12.1 Å². The first-order chi connectivity index (χ1) is 8.13. The third kappa shape index (κ3) is 3.31. The summed E-state index contributed by atoms with van der Waals surface area (Å²) in [5.74, 6) is 0.307. The molecule has 1 aromatic heterocycles. The van der Waals surface area contributed by atoms with Crippen molar-refractivity contribution in [1.82, 2.24) is 9.88 Å². The number of aromatic nitrogens is 1. The van der Waals surface area contributed by atoms with E-state index in [1.165, 1.54) is 4.90 Å². The van der Waals surface area contributed by atoms with E-state index in [1.807, 2.05) is 6.92 Å². The summed E-state index contributed by atoms with van der Waals surface area (Å²) in [4.78, 5) is 17.7. The molecule has 6 heteroatoms. The fourth-order valence-electron chi connectivity index (χ4n) is 1.41. The molecular formula is C11H16ClN3O2. The molecule has 0 atom stereocenters. The van der Waals surface area contributed by atoms with Crippen LogP contribution in [0, 0.1) is 0 Å². The molecule has 0 saturated heterocycles. The SMILES string of the molecule is CCN(CCO)C(=O)c1nc(NC)ccc1Cl. The number of aliphatic hydroxyl groups excluding tert-OH is 1. The molecule has 1 rings (SSSR count). The van der Waals surface area contributed by atoms with Gasteiger partial charge in [0.05, 0.1) is 11.6 Å². The van der Waals surface area contributed by atoms with Crippen LogP contribution in [0.1, 0.15) is 17.4 Å². The van der Waals surface area contributed by atoms with Crippen molar-refractivity contribution >= 4 is 23.3 Å². The first kappa shape index (κ1) is 13.7. The zero-order chi connectivity index (χ0) is 12.8. The van der Waals surface area contributed by atoms with Gasteiger partial charge >= 0.3 is 0 Å². The van der Waals surface area contributed by atoms with Crippen LogP contribution in [-0.4, -0.2) is 47.6 Å². The van der Waals surface area contributed by atoms with Crippen molar-refractivity contribution in [2.45, 2.75) is 6.92 Å². The van der Waals surface area contributed by atoms with Crippen LogP contribution in [0.25, 0.3) is 0 Å². The Hall–Kier alpha value is -1.33. The van der Waals surface area contributed by atoms with E-state index in [1.54, 1.807) is 19.2 Å². The Bertz CT molecular complexity index is 398. The van der Waals surface area contributed by atoms with Gasteiger partial charge in [-0.15, -0.1) is 0 Å². The number of aliphatic hydroxyl groups is 1. The number of amides is 1. The lowest BCUT2D eigenvalue weighted by Crippen LogP contribution is -2.34. The molecule has 1 amide bonds.